The van der Waals surface area contributed by atoms with Crippen LogP contribution in [0.5, 0.6) is 5.75 Å². The summed E-state index contributed by atoms with van der Waals surface area (Å²) in [6.07, 6.45) is 4.96. The van der Waals surface area contributed by atoms with Gasteiger partial charge in [0.05, 0.1) is 25.0 Å². The van der Waals surface area contributed by atoms with E-state index in [4.69, 9.17) is 16.2 Å². The summed E-state index contributed by atoms with van der Waals surface area (Å²) in [5, 5.41) is 14.0. The fourth-order valence-electron chi connectivity index (χ4n) is 3.78. The number of aromatic nitrogens is 5. The number of benzene rings is 1. The third kappa shape index (κ3) is 3.73. The van der Waals surface area contributed by atoms with Crippen LogP contribution in [0, 0.1) is 0 Å². The molecular weight excluding hydrogens is 382 g/mol. The van der Waals surface area contributed by atoms with Crippen molar-refractivity contribution in [2.75, 3.05) is 13.7 Å². The van der Waals surface area contributed by atoms with E-state index in [0.717, 1.165) is 54.1 Å². The van der Waals surface area contributed by atoms with Crippen molar-refractivity contribution >= 4 is 11.6 Å². The van der Waals surface area contributed by atoms with Crippen molar-refractivity contribution in [2.45, 2.75) is 38.9 Å². The molecule has 3 aromatic rings. The summed E-state index contributed by atoms with van der Waals surface area (Å²) < 4.78 is 7.73. The minimum absolute atomic E-state index is 0.338. The van der Waals surface area contributed by atoms with Crippen LogP contribution in [-0.4, -0.2) is 49.7 Å². The summed E-state index contributed by atoms with van der Waals surface area (Å²) in [5.41, 5.74) is 16.4. The molecule has 0 amide bonds. The van der Waals surface area contributed by atoms with Gasteiger partial charge < -0.3 is 25.7 Å². The average Bonchev–Trinajstić information content (AvgIpc) is 3.41. The predicted octanol–water partition coefficient (Wildman–Crippen LogP) is 2.13. The summed E-state index contributed by atoms with van der Waals surface area (Å²) in [5.74, 6) is 1.82. The van der Waals surface area contributed by atoms with E-state index in [1.807, 2.05) is 35.4 Å². The summed E-state index contributed by atoms with van der Waals surface area (Å²) >= 11 is 0. The van der Waals surface area contributed by atoms with E-state index in [9.17, 15) is 0 Å². The van der Waals surface area contributed by atoms with Gasteiger partial charge >= 0.3 is 0 Å². The van der Waals surface area contributed by atoms with Crippen LogP contribution in [0.3, 0.4) is 0 Å². The van der Waals surface area contributed by atoms with Crippen molar-refractivity contribution in [2.24, 2.45) is 16.5 Å². The van der Waals surface area contributed by atoms with Gasteiger partial charge in [0.2, 0.25) is 0 Å². The zero-order valence-electron chi connectivity index (χ0n) is 17.2. The Balaban J connectivity index is 1.60. The molecule has 0 aliphatic carbocycles. The highest BCUT2D eigenvalue weighted by Crippen LogP contribution is 2.34. The van der Waals surface area contributed by atoms with E-state index in [1.165, 1.54) is 0 Å². The number of nitrogens with zero attached hydrogens (tertiary/aromatic N) is 6. The first-order chi connectivity index (χ1) is 14.6. The topological polar surface area (TPSA) is 136 Å². The van der Waals surface area contributed by atoms with Crippen LogP contribution in [0.1, 0.15) is 43.6 Å². The van der Waals surface area contributed by atoms with Gasteiger partial charge in [-0.1, -0.05) is 31.9 Å². The van der Waals surface area contributed by atoms with Gasteiger partial charge in [-0.2, -0.15) is 0 Å². The maximum atomic E-state index is 6.61. The second-order valence-corrected chi connectivity index (χ2v) is 7.31. The second kappa shape index (κ2) is 8.54. The van der Waals surface area contributed by atoms with E-state index in [1.54, 1.807) is 7.11 Å². The molecule has 1 unspecified atom stereocenters. The van der Waals surface area contributed by atoms with Gasteiger partial charge in [-0.3, -0.25) is 0 Å². The van der Waals surface area contributed by atoms with E-state index < -0.39 is 0 Å². The minimum Gasteiger partial charge on any atom is -0.496 e. The van der Waals surface area contributed by atoms with Gasteiger partial charge in [0.25, 0.3) is 0 Å². The number of fused-ring (bicyclic) bond motifs is 1. The van der Waals surface area contributed by atoms with Crippen molar-refractivity contribution in [1.29, 1.82) is 0 Å². The zero-order chi connectivity index (χ0) is 21.1. The summed E-state index contributed by atoms with van der Waals surface area (Å²) in [4.78, 5) is 6.55. The number of aromatic amines is 1. The number of aliphatic imine (C=N–C) groups is 1. The second-order valence-electron chi connectivity index (χ2n) is 7.31. The molecule has 30 heavy (non-hydrogen) atoms. The smallest absolute Gasteiger partial charge is 0.198 e. The summed E-state index contributed by atoms with van der Waals surface area (Å²) in [6.45, 7) is 3.56. The number of unbranched alkanes of at least 4 members (excludes halogenated alkanes) is 2. The Kier molecular flexibility index (Phi) is 5.66. The molecule has 5 N–H and O–H groups in total. The Morgan fingerprint density at radius 3 is 2.83 bits per heavy atom. The first-order valence-electron chi connectivity index (χ1n) is 10.1. The van der Waals surface area contributed by atoms with Crippen LogP contribution in [0.15, 0.2) is 35.5 Å². The van der Waals surface area contributed by atoms with Crippen molar-refractivity contribution in [3.8, 4) is 17.1 Å². The predicted molar refractivity (Wildman–Crippen MR) is 114 cm³/mol. The van der Waals surface area contributed by atoms with Crippen molar-refractivity contribution in [1.82, 2.24) is 30.1 Å². The fraction of sp³-hybridized carbons (Fsp3) is 0.400. The Morgan fingerprint density at radius 2 is 2.10 bits per heavy atom. The van der Waals surface area contributed by atoms with E-state index in [-0.39, 0.29) is 6.17 Å². The number of tetrazole rings is 1. The monoisotopic (exact) mass is 409 g/mol. The normalized spacial score (nSPS) is 15.8. The van der Waals surface area contributed by atoms with Crippen LogP contribution in [0.25, 0.3) is 11.4 Å². The largest absolute Gasteiger partial charge is 0.496 e. The number of methoxy groups -OCH3 is 1. The van der Waals surface area contributed by atoms with Crippen LogP contribution >= 0.6 is 0 Å². The van der Waals surface area contributed by atoms with Gasteiger partial charge in [-0.25, -0.2) is 10.1 Å². The number of rotatable bonds is 8. The molecule has 158 valence electrons. The highest BCUT2D eigenvalue weighted by atomic mass is 16.5. The van der Waals surface area contributed by atoms with Gasteiger partial charge in [-0.15, -0.1) is 5.10 Å². The lowest BCUT2D eigenvalue weighted by Crippen LogP contribution is -2.46. The first kappa shape index (κ1) is 19.9. The molecule has 3 heterocycles. The van der Waals surface area contributed by atoms with E-state index in [0.29, 0.717) is 18.3 Å². The summed E-state index contributed by atoms with van der Waals surface area (Å²) in [7, 11) is 1.65. The number of H-pyrrole nitrogens is 1. The van der Waals surface area contributed by atoms with Crippen LogP contribution < -0.4 is 16.2 Å². The quantitative estimate of drug-likeness (QED) is 0.485. The lowest BCUT2D eigenvalue weighted by atomic mass is 10.1. The molecule has 2 aromatic heterocycles. The first-order valence-corrected chi connectivity index (χ1v) is 10.1. The Bertz CT molecular complexity index is 1030. The van der Waals surface area contributed by atoms with Crippen LogP contribution in [0.4, 0.5) is 5.69 Å². The Morgan fingerprint density at radius 1 is 1.23 bits per heavy atom. The van der Waals surface area contributed by atoms with E-state index >= 15 is 0 Å². The lowest BCUT2D eigenvalue weighted by molar-refractivity contribution is 0.295. The van der Waals surface area contributed by atoms with Gasteiger partial charge in [0.15, 0.2) is 11.8 Å². The van der Waals surface area contributed by atoms with Crippen molar-refractivity contribution in [3.05, 3.63) is 41.7 Å². The minimum atomic E-state index is -0.338. The van der Waals surface area contributed by atoms with E-state index in [2.05, 4.69) is 37.1 Å². The molecule has 1 aliphatic heterocycles. The molecule has 0 fully saturated rings. The molecule has 0 saturated carbocycles. The lowest BCUT2D eigenvalue weighted by Gasteiger charge is -2.34. The third-order valence-corrected chi connectivity index (χ3v) is 5.38. The number of ether oxygens (including phenoxy) is 1. The van der Waals surface area contributed by atoms with Crippen LogP contribution in [0.2, 0.25) is 0 Å². The zero-order valence-corrected chi connectivity index (χ0v) is 17.2. The molecule has 1 aliphatic rings. The molecule has 0 radical (unpaired) electrons. The molecule has 1 aromatic carbocycles. The highest BCUT2D eigenvalue weighted by Gasteiger charge is 2.28. The SMILES string of the molecule is CCCCCN1C(N)=Nc2ccn(Cc3ccc(-c4nnn[nH]4)cc3OC)c2C1N. The molecule has 0 bridgehead atoms. The number of nitrogens with two attached hydrogens (primary N) is 2. The maximum Gasteiger partial charge on any atom is 0.198 e. The molecular formula is C20H27N9O. The van der Waals surface area contributed by atoms with Gasteiger partial charge in [0.1, 0.15) is 11.9 Å². The number of guanidine groups is 1. The van der Waals surface area contributed by atoms with Crippen molar-refractivity contribution in [3.63, 3.8) is 0 Å². The number of hydrogen-bond acceptors (Lipinski definition) is 8. The Hall–Kier alpha value is -3.40. The Labute approximate surface area is 174 Å². The molecule has 4 rings (SSSR count). The number of nitrogens with one attached hydrogen (secondary N) is 1. The highest BCUT2D eigenvalue weighted by molar-refractivity contribution is 5.84. The standard InChI is InChI=1S/C20H27N9O/c1-3-4-5-9-29-18(21)17-15(23-20(29)22)8-10-28(17)12-14-7-6-13(11-16(14)30-2)19-24-26-27-25-19/h6-8,10-11,18H,3-5,9,12,21H2,1-2H3,(H2,22,23)(H,24,25,26,27). The third-order valence-electron chi connectivity index (χ3n) is 5.38. The summed E-state index contributed by atoms with van der Waals surface area (Å²) in [6, 6.07) is 7.84. The van der Waals surface area contributed by atoms with Crippen LogP contribution in [-0.2, 0) is 6.54 Å². The molecule has 1 atom stereocenters. The number of hydrogen-bond donors (Lipinski definition) is 3. The van der Waals surface area contributed by atoms with Gasteiger partial charge in [0, 0.05) is 23.9 Å². The molecule has 10 nitrogen and oxygen atoms in total. The molecule has 0 spiro atoms. The average molecular weight is 409 g/mol. The fourth-order valence-corrected chi connectivity index (χ4v) is 3.78. The van der Waals surface area contributed by atoms with Gasteiger partial charge in [-0.05, 0) is 29.0 Å². The molecule has 10 heteroatoms. The molecule has 0 saturated heterocycles. The van der Waals surface area contributed by atoms with Crippen molar-refractivity contribution < 1.29 is 4.74 Å². The maximum absolute atomic E-state index is 6.61.